The quantitative estimate of drug-likeness (QED) is 0.480. The first-order chi connectivity index (χ1) is 9.58. The summed E-state index contributed by atoms with van der Waals surface area (Å²) in [5, 5.41) is 0. The zero-order valence-electron chi connectivity index (χ0n) is 12.6. The van der Waals surface area contributed by atoms with Crippen LogP contribution in [0.1, 0.15) is 30.9 Å². The molecule has 0 saturated carbocycles. The molecule has 0 unspecified atom stereocenters. The Morgan fingerprint density at radius 3 is 2.62 bits per heavy atom. The number of ether oxygens (including phenoxy) is 1. The van der Waals surface area contributed by atoms with E-state index >= 15 is 0 Å². The van der Waals surface area contributed by atoms with Crippen LogP contribution in [0.25, 0.3) is 0 Å². The van der Waals surface area contributed by atoms with Gasteiger partial charge in [0.25, 0.3) is 0 Å². The molecule has 0 saturated heterocycles. The number of aromatic nitrogens is 2. The number of hydrogen-bond donors (Lipinski definition) is 1. The van der Waals surface area contributed by atoms with E-state index in [1.54, 1.807) is 4.57 Å². The summed E-state index contributed by atoms with van der Waals surface area (Å²) in [6.45, 7) is 4.65. The molecule has 0 fully saturated rings. The molecule has 2 rings (SSSR count). The minimum atomic E-state index is -0.177. The third kappa shape index (κ3) is 4.97. The van der Waals surface area contributed by atoms with Gasteiger partial charge in [0, 0.05) is 0 Å². The number of aromatic amines is 1. The number of hydrogen-bond acceptors (Lipinski definition) is 3. The topological polar surface area (TPSA) is 47.0 Å². The van der Waals surface area contributed by atoms with Crippen molar-refractivity contribution in [1.82, 2.24) is 9.55 Å². The fourth-order valence-corrected chi connectivity index (χ4v) is 1.98. The Morgan fingerprint density at radius 1 is 1.33 bits per heavy atom. The number of H-pyrrole nitrogens is 1. The third-order valence-corrected chi connectivity index (χ3v) is 3.20. The Labute approximate surface area is 141 Å². The van der Waals surface area contributed by atoms with Crippen molar-refractivity contribution in [1.29, 1.82) is 0 Å². The summed E-state index contributed by atoms with van der Waals surface area (Å²) in [5.41, 5.74) is 1.50. The van der Waals surface area contributed by atoms with E-state index in [0.29, 0.717) is 16.9 Å². The van der Waals surface area contributed by atoms with Gasteiger partial charge in [0.1, 0.15) is 12.3 Å². The summed E-state index contributed by atoms with van der Waals surface area (Å²) in [6.07, 6.45) is 3.01. The molecule has 0 amide bonds. The van der Waals surface area contributed by atoms with Gasteiger partial charge >= 0.3 is 18.9 Å². The van der Waals surface area contributed by atoms with Crippen molar-refractivity contribution in [2.45, 2.75) is 33.1 Å². The summed E-state index contributed by atoms with van der Waals surface area (Å²) >= 11 is 5.11. The van der Waals surface area contributed by atoms with Gasteiger partial charge in [0.2, 0.25) is 0 Å². The summed E-state index contributed by atoms with van der Waals surface area (Å²) in [5.74, 6) is 0.0923. The molecule has 106 valence electrons. The number of benzene rings is 1. The molecule has 0 aliphatic rings. The van der Waals surface area contributed by atoms with Gasteiger partial charge in [-0.3, -0.25) is 0 Å². The minimum absolute atomic E-state index is 0. The summed E-state index contributed by atoms with van der Waals surface area (Å²) in [7, 11) is 0. The Kier molecular flexibility index (Phi) is 7.13. The van der Waals surface area contributed by atoms with Crippen molar-refractivity contribution in [3.8, 4) is 0 Å². The minimum Gasteiger partial charge on any atom is -0.412 e. The third-order valence-electron chi connectivity index (χ3n) is 2.87. The van der Waals surface area contributed by atoms with Crippen LogP contribution in [-0.4, -0.2) is 9.55 Å². The van der Waals surface area contributed by atoms with Crippen molar-refractivity contribution in [3.63, 3.8) is 0 Å². The molecule has 0 aliphatic heterocycles. The van der Waals surface area contributed by atoms with Crippen LogP contribution in [0.5, 0.6) is 0 Å². The van der Waals surface area contributed by atoms with Crippen LogP contribution in [0.15, 0.2) is 35.1 Å². The van der Waals surface area contributed by atoms with E-state index in [9.17, 15) is 4.79 Å². The second-order valence-corrected chi connectivity index (χ2v) is 5.22. The van der Waals surface area contributed by atoms with Crippen LogP contribution in [0.2, 0.25) is 0 Å². The normalized spacial score (nSPS) is 10.4. The van der Waals surface area contributed by atoms with Crippen molar-refractivity contribution >= 4 is 12.2 Å². The zero-order chi connectivity index (χ0) is 14.5. The maximum absolute atomic E-state index is 11.7. The molecule has 0 atom stereocenters. The van der Waals surface area contributed by atoms with Crippen molar-refractivity contribution in [2.75, 3.05) is 0 Å². The van der Waals surface area contributed by atoms with Crippen LogP contribution in [0.4, 0.5) is 0 Å². The fraction of sp³-hybridized carbons (Fsp3) is 0.333. The SMILES string of the molecule is CC(C)c1[c-]n(COCc2ccccc2)c(=S)[nH]c1=O.[Li+]. The molecule has 4 nitrogen and oxygen atoms in total. The van der Waals surface area contributed by atoms with Gasteiger partial charge < -0.3 is 19.1 Å². The van der Waals surface area contributed by atoms with Gasteiger partial charge in [-0.25, -0.2) is 0 Å². The van der Waals surface area contributed by atoms with Crippen molar-refractivity contribution in [3.05, 3.63) is 62.8 Å². The molecule has 1 aromatic heterocycles. The van der Waals surface area contributed by atoms with E-state index in [0.717, 1.165) is 5.56 Å². The van der Waals surface area contributed by atoms with E-state index in [4.69, 9.17) is 17.0 Å². The van der Waals surface area contributed by atoms with Gasteiger partial charge in [0.05, 0.1) is 11.4 Å². The van der Waals surface area contributed by atoms with E-state index in [1.165, 1.54) is 0 Å². The van der Waals surface area contributed by atoms with Gasteiger partial charge in [-0.15, -0.1) is 12.2 Å². The summed E-state index contributed by atoms with van der Waals surface area (Å²) < 4.78 is 7.55. The van der Waals surface area contributed by atoms with Gasteiger partial charge in [-0.1, -0.05) is 55.9 Å². The first-order valence-electron chi connectivity index (χ1n) is 6.46. The average Bonchev–Trinajstić information content (AvgIpc) is 2.42. The molecule has 0 spiro atoms. The molecule has 6 heteroatoms. The molecule has 0 bridgehead atoms. The maximum atomic E-state index is 11.7. The van der Waals surface area contributed by atoms with Crippen LogP contribution in [-0.2, 0) is 18.1 Å². The number of rotatable bonds is 5. The van der Waals surface area contributed by atoms with Crippen LogP contribution in [0, 0.1) is 11.0 Å². The monoisotopic (exact) mass is 296 g/mol. The van der Waals surface area contributed by atoms with E-state index in [1.807, 2.05) is 44.2 Å². The first kappa shape index (κ1) is 17.9. The van der Waals surface area contributed by atoms with Crippen LogP contribution >= 0.6 is 12.2 Å². The Hall–Kier alpha value is -1.12. The molecular formula is C15H17LiN2O2S. The molecular weight excluding hydrogens is 279 g/mol. The molecule has 2 aromatic rings. The smallest absolute Gasteiger partial charge is 0.412 e. The van der Waals surface area contributed by atoms with E-state index in [2.05, 4.69) is 11.2 Å². The predicted octanol–water partition coefficient (Wildman–Crippen LogP) is 0.00778. The van der Waals surface area contributed by atoms with Crippen molar-refractivity contribution in [2.24, 2.45) is 0 Å². The summed E-state index contributed by atoms with van der Waals surface area (Å²) in [6, 6.07) is 9.88. The second-order valence-electron chi connectivity index (χ2n) is 4.83. The molecule has 1 heterocycles. The van der Waals surface area contributed by atoms with Gasteiger partial charge in [0.15, 0.2) is 0 Å². The fourth-order valence-electron chi connectivity index (χ4n) is 1.79. The number of nitrogens with one attached hydrogen (secondary N) is 1. The molecule has 0 radical (unpaired) electrons. The predicted molar refractivity (Wildman–Crippen MR) is 80.0 cm³/mol. The first-order valence-corrected chi connectivity index (χ1v) is 6.86. The van der Waals surface area contributed by atoms with Gasteiger partial charge in [-0.05, 0) is 11.5 Å². The van der Waals surface area contributed by atoms with Gasteiger partial charge in [-0.2, -0.15) is 0 Å². The van der Waals surface area contributed by atoms with E-state index in [-0.39, 0.29) is 37.1 Å². The van der Waals surface area contributed by atoms with Crippen LogP contribution < -0.4 is 24.4 Å². The zero-order valence-corrected chi connectivity index (χ0v) is 13.4. The van der Waals surface area contributed by atoms with E-state index < -0.39 is 0 Å². The Bertz CT molecular complexity index is 680. The largest absolute Gasteiger partial charge is 1.00 e. The second kappa shape index (κ2) is 8.35. The number of nitrogens with zero attached hydrogens (tertiary/aromatic N) is 1. The van der Waals surface area contributed by atoms with Crippen molar-refractivity contribution < 1.29 is 23.6 Å². The molecule has 1 N–H and O–H groups in total. The Morgan fingerprint density at radius 2 is 2.00 bits per heavy atom. The molecule has 1 aromatic carbocycles. The molecule has 0 aliphatic carbocycles. The Balaban J connectivity index is 0.00000220. The maximum Gasteiger partial charge on any atom is 1.00 e. The average molecular weight is 296 g/mol. The van der Waals surface area contributed by atoms with Crippen LogP contribution in [0.3, 0.4) is 0 Å². The standard InChI is InChI=1S/C15H17N2O2S.Li/c1-11(2)13-8-17(15(20)16-14(13)18)10-19-9-12-6-4-3-5-7-12;/h3-7,11H,9-10H2,1-2H3,(H,16,18,20);/q-1;+1. The summed E-state index contributed by atoms with van der Waals surface area (Å²) in [4.78, 5) is 14.4. The molecule has 21 heavy (non-hydrogen) atoms.